The Balaban J connectivity index is 3.43. The molecule has 84 valence electrons. The van der Waals surface area contributed by atoms with Crippen LogP contribution < -0.4 is 4.79 Å². The minimum absolute atomic E-state index is 0.120. The van der Waals surface area contributed by atoms with Crippen molar-refractivity contribution in [3.63, 3.8) is 0 Å². The monoisotopic (exact) mass is 234 g/mol. The van der Waals surface area contributed by atoms with Gasteiger partial charge < -0.3 is 0 Å². The maximum absolute atomic E-state index is 13.0. The topological polar surface area (TPSA) is 58.2 Å². The summed E-state index contributed by atoms with van der Waals surface area (Å²) in [7, 11) is -4.53. The molecule has 0 aliphatic rings. The van der Waals surface area contributed by atoms with Crippen LogP contribution in [-0.4, -0.2) is 13.0 Å². The second-order valence-electron chi connectivity index (χ2n) is 4.29. The molecular weight excluding hydrogens is 221 g/mol. The Morgan fingerprint density at radius 3 is 2.33 bits per heavy atom. The first-order valence-electron chi connectivity index (χ1n) is 4.32. The van der Waals surface area contributed by atoms with Crippen LogP contribution in [0.4, 0.5) is 4.48 Å². The number of pyridine rings is 1. The Kier molecular flexibility index (Phi) is 2.84. The first-order valence-corrected chi connectivity index (χ1v) is 5.76. The number of hydrogen-bond donors (Lipinski definition) is 1. The average molecular weight is 234 g/mol. The largest absolute Gasteiger partial charge is 0.370 e. The minimum atomic E-state index is -4.53. The molecule has 0 radical (unpaired) electrons. The van der Waals surface area contributed by atoms with Crippen LogP contribution in [0.15, 0.2) is 23.4 Å². The van der Waals surface area contributed by atoms with Crippen LogP contribution >= 0.6 is 0 Å². The van der Waals surface area contributed by atoms with Crippen molar-refractivity contribution >= 4 is 10.1 Å². The van der Waals surface area contributed by atoms with Crippen LogP contribution in [0, 0.1) is 0 Å². The van der Waals surface area contributed by atoms with Gasteiger partial charge in [0.15, 0.2) is 0 Å². The predicted octanol–water partition coefficient (Wildman–Crippen LogP) is 1.25. The molecule has 0 saturated heterocycles. The van der Waals surface area contributed by atoms with Crippen LogP contribution in [-0.2, 0) is 15.5 Å². The zero-order chi connectivity index (χ0) is 11.9. The highest BCUT2D eigenvalue weighted by molar-refractivity contribution is 7.85. The molecule has 0 aliphatic carbocycles. The highest BCUT2D eigenvalue weighted by Gasteiger charge is 2.28. The highest BCUT2D eigenvalue weighted by atomic mass is 32.2. The van der Waals surface area contributed by atoms with Crippen LogP contribution in [0.25, 0.3) is 0 Å². The van der Waals surface area contributed by atoms with Crippen LogP contribution in [0.5, 0.6) is 0 Å². The number of nitrogens with zero attached hydrogens (tertiary/aromatic N) is 1. The van der Waals surface area contributed by atoms with Crippen molar-refractivity contribution in [2.24, 2.45) is 0 Å². The van der Waals surface area contributed by atoms with Gasteiger partial charge in [-0.25, -0.2) is 0 Å². The second-order valence-corrected chi connectivity index (χ2v) is 5.66. The summed E-state index contributed by atoms with van der Waals surface area (Å²) in [5.41, 5.74) is 0.317. The van der Waals surface area contributed by atoms with Gasteiger partial charge in [0, 0.05) is 16.9 Å². The zero-order valence-corrected chi connectivity index (χ0v) is 9.55. The third-order valence-corrected chi connectivity index (χ3v) is 2.83. The summed E-state index contributed by atoms with van der Waals surface area (Å²) < 4.78 is 43.5. The third-order valence-electron chi connectivity index (χ3n) is 2.00. The van der Waals surface area contributed by atoms with Crippen molar-refractivity contribution in [1.82, 2.24) is 0 Å². The molecule has 1 aromatic rings. The van der Waals surface area contributed by atoms with Gasteiger partial charge in [-0.2, -0.15) is 8.42 Å². The summed E-state index contributed by atoms with van der Waals surface area (Å²) in [5, 5.41) is -0.755. The maximum Gasteiger partial charge on any atom is 0.370 e. The molecule has 0 aromatic carbocycles. The molecule has 1 N–H and O–H groups in total. The van der Waals surface area contributed by atoms with E-state index in [9.17, 15) is 12.9 Å². The smallest absolute Gasteiger partial charge is 0.277 e. The summed E-state index contributed by atoms with van der Waals surface area (Å²) in [6.45, 7) is 5.58. The summed E-state index contributed by atoms with van der Waals surface area (Å²) in [5.74, 6) is 0. The Morgan fingerprint density at radius 2 is 1.93 bits per heavy atom. The van der Waals surface area contributed by atoms with Crippen LogP contribution in [0.2, 0.25) is 0 Å². The molecule has 4 nitrogen and oxygen atoms in total. The normalized spacial score (nSPS) is 12.9. The fourth-order valence-corrected chi connectivity index (χ4v) is 1.67. The Bertz CT molecular complexity index is 477. The molecule has 0 amide bonds. The predicted molar refractivity (Wildman–Crippen MR) is 51.7 cm³/mol. The van der Waals surface area contributed by atoms with Crippen molar-refractivity contribution in [2.75, 3.05) is 0 Å². The van der Waals surface area contributed by atoms with Crippen molar-refractivity contribution in [3.05, 3.63) is 23.9 Å². The molecular formula is C9H13FNO3S+. The fraction of sp³-hybridized carbons (Fsp3) is 0.444. The Hall–Kier alpha value is -1.01. The second kappa shape index (κ2) is 3.53. The zero-order valence-electron chi connectivity index (χ0n) is 8.73. The van der Waals surface area contributed by atoms with Crippen molar-refractivity contribution in [2.45, 2.75) is 31.2 Å². The SMILES string of the molecule is CC(C)(C)c1cc[n+](F)c(S(=O)(=O)O)c1. The van der Waals surface area contributed by atoms with Gasteiger partial charge in [-0.15, -0.1) is 0 Å². The molecule has 0 atom stereocenters. The van der Waals surface area contributed by atoms with Gasteiger partial charge in [0.05, 0.1) is 4.48 Å². The fourth-order valence-electron chi connectivity index (χ4n) is 1.11. The van der Waals surface area contributed by atoms with Gasteiger partial charge in [0.2, 0.25) is 6.20 Å². The summed E-state index contributed by atoms with van der Waals surface area (Å²) in [6, 6.07) is 2.59. The van der Waals surface area contributed by atoms with Gasteiger partial charge in [-0.05, 0) is 11.0 Å². The number of hydrogen-bond acceptors (Lipinski definition) is 2. The summed E-state index contributed by atoms with van der Waals surface area (Å²) >= 11 is 0. The summed E-state index contributed by atoms with van der Waals surface area (Å²) in [6.07, 6.45) is 0.962. The lowest BCUT2D eigenvalue weighted by Gasteiger charge is -2.17. The van der Waals surface area contributed by atoms with E-state index in [1.165, 1.54) is 6.07 Å². The standard InChI is InChI=1S/C9H12FNO3S/c1-9(2,3)7-4-5-11(10)8(6-7)15(12,13)14/h4-6H,1-3H3/p+1. The van der Waals surface area contributed by atoms with E-state index in [4.69, 9.17) is 4.55 Å². The van der Waals surface area contributed by atoms with E-state index in [1.807, 2.05) is 20.8 Å². The van der Waals surface area contributed by atoms with Gasteiger partial charge in [-0.3, -0.25) is 4.55 Å². The molecule has 6 heteroatoms. The van der Waals surface area contributed by atoms with E-state index >= 15 is 0 Å². The maximum atomic E-state index is 13.0. The minimum Gasteiger partial charge on any atom is -0.277 e. The van der Waals surface area contributed by atoms with Crippen molar-refractivity contribution < 1.29 is 22.2 Å². The lowest BCUT2D eigenvalue weighted by atomic mass is 9.88. The summed E-state index contributed by atoms with van der Waals surface area (Å²) in [4.78, 5) is -0.120. The molecule has 15 heavy (non-hydrogen) atoms. The molecule has 1 heterocycles. The van der Waals surface area contributed by atoms with Crippen LogP contribution in [0.1, 0.15) is 26.3 Å². The van der Waals surface area contributed by atoms with E-state index in [1.54, 1.807) is 0 Å². The average Bonchev–Trinajstić information content (AvgIpc) is 2.00. The lowest BCUT2D eigenvalue weighted by Crippen LogP contribution is -2.31. The quantitative estimate of drug-likeness (QED) is 0.744. The van der Waals surface area contributed by atoms with E-state index in [0.29, 0.717) is 5.56 Å². The van der Waals surface area contributed by atoms with Gasteiger partial charge in [0.1, 0.15) is 0 Å². The molecule has 0 unspecified atom stereocenters. The molecule has 1 rings (SSSR count). The van der Waals surface area contributed by atoms with Gasteiger partial charge >= 0.3 is 15.1 Å². The van der Waals surface area contributed by atoms with Crippen molar-refractivity contribution in [3.8, 4) is 0 Å². The van der Waals surface area contributed by atoms with E-state index in [0.717, 1.165) is 12.3 Å². The lowest BCUT2D eigenvalue weighted by molar-refractivity contribution is -0.874. The first-order chi connectivity index (χ1) is 6.62. The Morgan fingerprint density at radius 1 is 1.40 bits per heavy atom. The van der Waals surface area contributed by atoms with E-state index < -0.39 is 15.1 Å². The molecule has 0 aliphatic heterocycles. The first kappa shape index (κ1) is 12.1. The third kappa shape index (κ3) is 2.73. The molecule has 0 spiro atoms. The van der Waals surface area contributed by atoms with E-state index in [2.05, 4.69) is 0 Å². The number of aromatic nitrogens is 1. The molecule has 0 fully saturated rings. The number of halogens is 1. The van der Waals surface area contributed by atoms with Gasteiger partial charge in [0.25, 0.3) is 0 Å². The van der Waals surface area contributed by atoms with E-state index in [-0.39, 0.29) is 10.2 Å². The Labute approximate surface area is 88.1 Å². The highest BCUT2D eigenvalue weighted by Crippen LogP contribution is 2.22. The molecule has 0 bridgehead atoms. The molecule has 0 saturated carbocycles. The number of rotatable bonds is 1. The molecule has 1 aromatic heterocycles. The van der Waals surface area contributed by atoms with Gasteiger partial charge in [-0.1, -0.05) is 20.8 Å². The van der Waals surface area contributed by atoms with Crippen molar-refractivity contribution in [1.29, 1.82) is 0 Å². The van der Waals surface area contributed by atoms with Crippen LogP contribution in [0.3, 0.4) is 0 Å².